The Kier molecular flexibility index (Phi) is 13.6. The number of carbonyl (C=O) groups is 6. The van der Waals surface area contributed by atoms with Crippen molar-refractivity contribution >= 4 is 35.4 Å². The number of hydrogen-bond donors (Lipinski definition) is 7. The Labute approximate surface area is 178 Å². The van der Waals surface area contributed by atoms with Crippen LogP contribution in [0.25, 0.3) is 0 Å². The maximum Gasteiger partial charge on any atom is 0.320 e. The number of ketones is 2. The third kappa shape index (κ3) is 13.1. The second-order valence-electron chi connectivity index (χ2n) is 6.91. The predicted octanol–water partition coefficient (Wildman–Crippen LogP) is -1.60. The van der Waals surface area contributed by atoms with E-state index in [0.29, 0.717) is 19.4 Å². The molecule has 0 fully saturated rings. The van der Waals surface area contributed by atoms with Gasteiger partial charge in [0.25, 0.3) is 0 Å². The van der Waals surface area contributed by atoms with E-state index < -0.39 is 59.9 Å². The third-order valence-corrected chi connectivity index (χ3v) is 4.25. The van der Waals surface area contributed by atoms with Crippen LogP contribution in [0.3, 0.4) is 0 Å². The molecular weight excluding hydrogens is 416 g/mol. The van der Waals surface area contributed by atoms with Crippen molar-refractivity contribution < 1.29 is 44.1 Å². The lowest BCUT2D eigenvalue weighted by Gasteiger charge is -2.22. The van der Waals surface area contributed by atoms with E-state index in [9.17, 15) is 28.8 Å². The number of rotatable bonds is 18. The summed E-state index contributed by atoms with van der Waals surface area (Å²) in [5.41, 5.74) is 10.8. The van der Waals surface area contributed by atoms with E-state index in [0.717, 1.165) is 6.92 Å². The van der Waals surface area contributed by atoms with Crippen LogP contribution in [0, 0.1) is 0 Å². The fraction of sp³-hybridized carbons (Fsp3) is 0.667. The highest BCUT2D eigenvalue weighted by molar-refractivity contribution is 6.38. The van der Waals surface area contributed by atoms with Crippen LogP contribution in [0.1, 0.15) is 51.9 Å². The van der Waals surface area contributed by atoms with Crippen LogP contribution in [-0.2, 0) is 28.8 Å². The minimum Gasteiger partial charge on any atom is -0.481 e. The second kappa shape index (κ2) is 15.0. The van der Waals surface area contributed by atoms with Gasteiger partial charge >= 0.3 is 17.9 Å². The van der Waals surface area contributed by atoms with Crippen LogP contribution in [0.15, 0.2) is 0 Å². The van der Waals surface area contributed by atoms with E-state index in [1.165, 1.54) is 0 Å². The van der Waals surface area contributed by atoms with Gasteiger partial charge in [-0.2, -0.15) is 0 Å². The molecule has 0 aliphatic heterocycles. The number of aliphatic carboxylic acids is 3. The molecule has 0 aliphatic rings. The first-order chi connectivity index (χ1) is 14.5. The van der Waals surface area contributed by atoms with Crippen LogP contribution in [0.4, 0.5) is 0 Å². The van der Waals surface area contributed by atoms with Gasteiger partial charge in [-0.25, -0.2) is 5.43 Å². The van der Waals surface area contributed by atoms with E-state index in [4.69, 9.17) is 21.1 Å². The largest absolute Gasteiger partial charge is 0.481 e. The highest BCUT2D eigenvalue weighted by atomic mass is 16.4. The first-order valence-electron chi connectivity index (χ1n) is 9.71. The molecule has 13 nitrogen and oxygen atoms in total. The Morgan fingerprint density at radius 1 is 0.839 bits per heavy atom. The number of carbonyl (C=O) groups excluding carboxylic acids is 3. The molecule has 31 heavy (non-hydrogen) atoms. The Balaban J connectivity index is 4.83. The molecule has 8 N–H and O–H groups in total. The van der Waals surface area contributed by atoms with Crippen molar-refractivity contribution in [1.82, 2.24) is 16.2 Å². The number of hydrogen-bond acceptors (Lipinski definition) is 9. The summed E-state index contributed by atoms with van der Waals surface area (Å²) in [6.07, 6.45) is 0.0388. The van der Waals surface area contributed by atoms with E-state index in [2.05, 4.69) is 16.2 Å². The van der Waals surface area contributed by atoms with Crippen molar-refractivity contribution in [3.63, 3.8) is 0 Å². The zero-order valence-corrected chi connectivity index (χ0v) is 17.3. The van der Waals surface area contributed by atoms with Gasteiger partial charge < -0.3 is 26.4 Å². The van der Waals surface area contributed by atoms with Crippen molar-refractivity contribution in [2.75, 3.05) is 6.54 Å². The average Bonchev–Trinajstić information content (AvgIpc) is 2.68. The van der Waals surface area contributed by atoms with Crippen molar-refractivity contribution in [2.45, 2.75) is 70.0 Å². The summed E-state index contributed by atoms with van der Waals surface area (Å²) < 4.78 is 0. The molecule has 1 amide bonds. The molecule has 0 spiro atoms. The van der Waals surface area contributed by atoms with Crippen molar-refractivity contribution in [3.8, 4) is 0 Å². The fourth-order valence-corrected chi connectivity index (χ4v) is 2.49. The summed E-state index contributed by atoms with van der Waals surface area (Å²) in [4.78, 5) is 68.1. The SMILES string of the molecule is CC(=O)C(=O)[C@H](CCC(=O)O)NC(=O)[C@H](CCC(=O)O)NNCCCC[C@H](N)C(=O)O. The molecule has 13 heteroatoms. The number of nitrogens with one attached hydrogen (secondary N) is 3. The van der Waals surface area contributed by atoms with Gasteiger partial charge in [-0.3, -0.25) is 34.2 Å². The van der Waals surface area contributed by atoms with Crippen LogP contribution in [-0.4, -0.2) is 75.4 Å². The van der Waals surface area contributed by atoms with Gasteiger partial charge in [0.05, 0.1) is 6.04 Å². The molecule has 176 valence electrons. The van der Waals surface area contributed by atoms with E-state index in [1.54, 1.807) is 0 Å². The summed E-state index contributed by atoms with van der Waals surface area (Å²) in [7, 11) is 0. The van der Waals surface area contributed by atoms with Crippen molar-refractivity contribution in [1.29, 1.82) is 0 Å². The van der Waals surface area contributed by atoms with Gasteiger partial charge in [-0.1, -0.05) is 0 Å². The molecule has 0 rings (SSSR count). The average molecular weight is 446 g/mol. The predicted molar refractivity (Wildman–Crippen MR) is 106 cm³/mol. The monoisotopic (exact) mass is 446 g/mol. The molecule has 3 atom stereocenters. The topological polar surface area (TPSA) is 225 Å². The molecule has 0 saturated carbocycles. The van der Waals surface area contributed by atoms with E-state index in [1.807, 2.05) is 0 Å². The first-order valence-corrected chi connectivity index (χ1v) is 9.71. The standard InChI is InChI=1S/C18H30N4O9/c1-10(23)16(28)12(5-7-14(24)25)21-17(29)13(6-8-15(26)27)22-20-9-3-2-4-11(19)18(30)31/h11-13,20,22H,2-9,19H2,1H3,(H,21,29)(H,24,25)(H,26,27)(H,30,31)/t11-,12-,13-/m0/s1. The van der Waals surface area contributed by atoms with Gasteiger partial charge in [-0.15, -0.1) is 0 Å². The molecule has 0 unspecified atom stereocenters. The molecule has 0 saturated heterocycles. The minimum atomic E-state index is -1.34. The lowest BCUT2D eigenvalue weighted by atomic mass is 10.0. The number of unbranched alkanes of at least 4 members (excludes halogenated alkanes) is 1. The number of carboxylic acids is 3. The number of Topliss-reactive ketones (excluding diaryl/α,β-unsaturated/α-hetero) is 2. The maximum atomic E-state index is 12.5. The Morgan fingerprint density at radius 2 is 1.39 bits per heavy atom. The minimum absolute atomic E-state index is 0.141. The van der Waals surface area contributed by atoms with Gasteiger partial charge in [0.2, 0.25) is 11.7 Å². The summed E-state index contributed by atoms with van der Waals surface area (Å²) in [5, 5.41) is 28.7. The lowest BCUT2D eigenvalue weighted by molar-refractivity contribution is -0.141. The van der Waals surface area contributed by atoms with Crippen molar-refractivity contribution in [3.05, 3.63) is 0 Å². The molecule has 0 aliphatic carbocycles. The van der Waals surface area contributed by atoms with Crippen LogP contribution in [0.2, 0.25) is 0 Å². The fourth-order valence-electron chi connectivity index (χ4n) is 2.49. The number of nitrogens with two attached hydrogens (primary N) is 1. The highest BCUT2D eigenvalue weighted by Gasteiger charge is 2.28. The van der Waals surface area contributed by atoms with Crippen LogP contribution < -0.4 is 21.9 Å². The lowest BCUT2D eigenvalue weighted by Crippen LogP contribution is -2.54. The Hall–Kier alpha value is -2.90. The zero-order valence-electron chi connectivity index (χ0n) is 17.3. The van der Waals surface area contributed by atoms with Gasteiger partial charge in [-0.05, 0) is 32.1 Å². The van der Waals surface area contributed by atoms with E-state index in [-0.39, 0.29) is 25.7 Å². The van der Waals surface area contributed by atoms with Gasteiger partial charge in [0.15, 0.2) is 5.78 Å². The molecule has 0 radical (unpaired) electrons. The summed E-state index contributed by atoms with van der Waals surface area (Å²) in [6, 6.07) is -3.39. The third-order valence-electron chi connectivity index (χ3n) is 4.25. The number of amides is 1. The normalized spacial score (nSPS) is 13.6. The molecule has 0 bridgehead atoms. The Bertz CT molecular complexity index is 668. The summed E-state index contributed by atoms with van der Waals surface area (Å²) >= 11 is 0. The van der Waals surface area contributed by atoms with E-state index >= 15 is 0 Å². The highest BCUT2D eigenvalue weighted by Crippen LogP contribution is 2.04. The Morgan fingerprint density at radius 3 is 1.87 bits per heavy atom. The van der Waals surface area contributed by atoms with Gasteiger partial charge in [0.1, 0.15) is 12.1 Å². The van der Waals surface area contributed by atoms with Crippen LogP contribution in [0.5, 0.6) is 0 Å². The molecular formula is C18H30N4O9. The quantitative estimate of drug-likeness (QED) is 0.0718. The van der Waals surface area contributed by atoms with Crippen LogP contribution >= 0.6 is 0 Å². The summed E-state index contributed by atoms with van der Waals surface area (Å²) in [6.45, 7) is 1.32. The molecule has 0 aromatic carbocycles. The maximum absolute atomic E-state index is 12.5. The molecule has 0 aromatic rings. The zero-order chi connectivity index (χ0) is 24.0. The van der Waals surface area contributed by atoms with Crippen molar-refractivity contribution in [2.24, 2.45) is 5.73 Å². The number of hydrazine groups is 1. The molecule has 0 aromatic heterocycles. The smallest absolute Gasteiger partial charge is 0.320 e. The van der Waals surface area contributed by atoms with Gasteiger partial charge in [0, 0.05) is 26.3 Å². The number of carboxylic acid groups (broad SMARTS) is 3. The second-order valence-corrected chi connectivity index (χ2v) is 6.91. The first kappa shape index (κ1) is 28.1. The molecule has 0 heterocycles. The summed E-state index contributed by atoms with van der Waals surface area (Å²) in [5.74, 6) is -6.02.